The summed E-state index contributed by atoms with van der Waals surface area (Å²) in [4.78, 5) is 22.5. The zero-order chi connectivity index (χ0) is 13.4. The third kappa shape index (κ3) is 5.09. The van der Waals surface area contributed by atoms with E-state index in [1.54, 1.807) is 36.0 Å². The maximum absolute atomic E-state index is 11.6. The third-order valence-electron chi connectivity index (χ3n) is 2.25. The van der Waals surface area contributed by atoms with Gasteiger partial charge in [-0.05, 0) is 30.6 Å². The van der Waals surface area contributed by atoms with Crippen molar-refractivity contribution >= 4 is 29.4 Å². The number of carbonyl (C=O) groups excluding carboxylic acids is 1. The molecule has 0 aromatic heterocycles. The van der Waals surface area contributed by atoms with E-state index in [-0.39, 0.29) is 0 Å². The number of thioether (sulfide) groups is 1. The lowest BCUT2D eigenvalue weighted by Crippen LogP contribution is -2.43. The molecule has 0 spiro atoms. The number of nitrogens with one attached hydrogen (secondary N) is 2. The Balaban J connectivity index is 2.48. The molecule has 1 rings (SSSR count). The summed E-state index contributed by atoms with van der Waals surface area (Å²) in [5.74, 6) is -0.338. The first kappa shape index (κ1) is 14.4. The lowest BCUT2D eigenvalue weighted by Gasteiger charge is -2.14. The van der Waals surface area contributed by atoms with Gasteiger partial charge in [0.1, 0.15) is 6.04 Å². The van der Waals surface area contributed by atoms with Crippen molar-refractivity contribution in [2.75, 3.05) is 17.3 Å². The van der Waals surface area contributed by atoms with E-state index in [2.05, 4.69) is 10.6 Å². The molecule has 1 aromatic rings. The van der Waals surface area contributed by atoms with Crippen molar-refractivity contribution in [2.24, 2.45) is 0 Å². The number of benzene rings is 1. The van der Waals surface area contributed by atoms with Crippen LogP contribution in [0.2, 0.25) is 0 Å². The predicted molar refractivity (Wildman–Crippen MR) is 73.0 cm³/mol. The van der Waals surface area contributed by atoms with Gasteiger partial charge in [-0.25, -0.2) is 9.59 Å². The topological polar surface area (TPSA) is 78.4 Å². The minimum atomic E-state index is -1.02. The van der Waals surface area contributed by atoms with Crippen LogP contribution in [0.1, 0.15) is 6.42 Å². The highest BCUT2D eigenvalue weighted by Crippen LogP contribution is 2.05. The van der Waals surface area contributed by atoms with Crippen molar-refractivity contribution in [3.63, 3.8) is 0 Å². The van der Waals surface area contributed by atoms with Crippen LogP contribution in [-0.2, 0) is 4.79 Å². The van der Waals surface area contributed by atoms with Crippen LogP contribution in [0.4, 0.5) is 10.5 Å². The molecule has 6 heteroatoms. The second-order valence-electron chi connectivity index (χ2n) is 3.64. The van der Waals surface area contributed by atoms with Crippen LogP contribution in [0.15, 0.2) is 30.3 Å². The molecule has 18 heavy (non-hydrogen) atoms. The molecular formula is C12H16N2O3S. The third-order valence-corrected chi connectivity index (χ3v) is 2.89. The molecule has 0 heterocycles. The first-order chi connectivity index (χ1) is 8.63. The van der Waals surface area contributed by atoms with Gasteiger partial charge in [0.2, 0.25) is 0 Å². The van der Waals surface area contributed by atoms with Crippen LogP contribution in [0.5, 0.6) is 0 Å². The molecule has 0 radical (unpaired) electrons. The van der Waals surface area contributed by atoms with Gasteiger partial charge in [0.25, 0.3) is 0 Å². The number of anilines is 1. The molecule has 1 aromatic carbocycles. The van der Waals surface area contributed by atoms with E-state index in [0.29, 0.717) is 17.9 Å². The minimum Gasteiger partial charge on any atom is -0.480 e. The number of aliphatic carboxylic acids is 1. The summed E-state index contributed by atoms with van der Waals surface area (Å²) in [5, 5.41) is 14.0. The highest BCUT2D eigenvalue weighted by molar-refractivity contribution is 7.98. The van der Waals surface area contributed by atoms with E-state index in [1.807, 2.05) is 12.3 Å². The fourth-order valence-corrected chi connectivity index (χ4v) is 1.81. The van der Waals surface area contributed by atoms with Crippen LogP contribution in [0, 0.1) is 0 Å². The van der Waals surface area contributed by atoms with Gasteiger partial charge in [0.15, 0.2) is 0 Å². The molecule has 0 unspecified atom stereocenters. The van der Waals surface area contributed by atoms with Gasteiger partial charge in [-0.3, -0.25) is 0 Å². The van der Waals surface area contributed by atoms with Crippen LogP contribution in [-0.4, -0.2) is 35.2 Å². The van der Waals surface area contributed by atoms with E-state index >= 15 is 0 Å². The molecule has 2 amide bonds. The second-order valence-corrected chi connectivity index (χ2v) is 4.62. The number of hydrogen-bond donors (Lipinski definition) is 3. The Labute approximate surface area is 110 Å². The monoisotopic (exact) mass is 268 g/mol. The van der Waals surface area contributed by atoms with Crippen molar-refractivity contribution in [3.8, 4) is 0 Å². The number of amides is 2. The first-order valence-corrected chi connectivity index (χ1v) is 6.87. The summed E-state index contributed by atoms with van der Waals surface area (Å²) in [5.41, 5.74) is 0.629. The van der Waals surface area contributed by atoms with Crippen LogP contribution >= 0.6 is 11.8 Å². The Morgan fingerprint density at radius 3 is 2.56 bits per heavy atom. The van der Waals surface area contributed by atoms with E-state index in [0.717, 1.165) is 0 Å². The standard InChI is InChI=1S/C12H16N2O3S/c1-18-8-7-10(11(15)16)14-12(17)13-9-5-3-2-4-6-9/h2-6,10H,7-8H2,1H3,(H,15,16)(H2,13,14,17)/t10-/m0/s1. The Bertz CT molecular complexity index is 398. The Morgan fingerprint density at radius 1 is 1.33 bits per heavy atom. The number of carbonyl (C=O) groups is 2. The molecule has 0 saturated heterocycles. The van der Waals surface area contributed by atoms with Gasteiger partial charge in [0.05, 0.1) is 0 Å². The Hall–Kier alpha value is -1.69. The van der Waals surface area contributed by atoms with E-state index in [9.17, 15) is 9.59 Å². The van der Waals surface area contributed by atoms with E-state index < -0.39 is 18.0 Å². The smallest absolute Gasteiger partial charge is 0.326 e. The quantitative estimate of drug-likeness (QED) is 0.737. The molecule has 1 atom stereocenters. The SMILES string of the molecule is CSCC[C@H](NC(=O)Nc1ccccc1)C(=O)O. The molecule has 3 N–H and O–H groups in total. The maximum atomic E-state index is 11.6. The summed E-state index contributed by atoms with van der Waals surface area (Å²) in [6.45, 7) is 0. The van der Waals surface area contributed by atoms with Crippen molar-refractivity contribution in [1.82, 2.24) is 5.32 Å². The second kappa shape index (κ2) is 7.60. The van der Waals surface area contributed by atoms with Gasteiger partial charge >= 0.3 is 12.0 Å². The van der Waals surface area contributed by atoms with Crippen molar-refractivity contribution in [1.29, 1.82) is 0 Å². The zero-order valence-electron chi connectivity index (χ0n) is 10.1. The molecular weight excluding hydrogens is 252 g/mol. The Kier molecular flexibility index (Phi) is 6.07. The first-order valence-electron chi connectivity index (χ1n) is 5.48. The fraction of sp³-hybridized carbons (Fsp3) is 0.333. The van der Waals surface area contributed by atoms with Crippen LogP contribution < -0.4 is 10.6 Å². The number of para-hydroxylation sites is 1. The molecule has 98 valence electrons. The maximum Gasteiger partial charge on any atom is 0.326 e. The summed E-state index contributed by atoms with van der Waals surface area (Å²) in [7, 11) is 0. The largest absolute Gasteiger partial charge is 0.480 e. The summed E-state index contributed by atoms with van der Waals surface area (Å²) < 4.78 is 0. The number of hydrogen-bond acceptors (Lipinski definition) is 3. The molecule has 0 aliphatic carbocycles. The minimum absolute atomic E-state index is 0.401. The number of carboxylic acids is 1. The highest BCUT2D eigenvalue weighted by Gasteiger charge is 2.19. The molecule has 0 fully saturated rings. The lowest BCUT2D eigenvalue weighted by atomic mass is 10.2. The van der Waals surface area contributed by atoms with Gasteiger partial charge in [-0.1, -0.05) is 18.2 Å². The Morgan fingerprint density at radius 2 is 2.00 bits per heavy atom. The highest BCUT2D eigenvalue weighted by atomic mass is 32.2. The number of rotatable bonds is 6. The fourth-order valence-electron chi connectivity index (χ4n) is 1.34. The van der Waals surface area contributed by atoms with Gasteiger partial charge in [-0.2, -0.15) is 11.8 Å². The summed E-state index contributed by atoms with van der Waals surface area (Å²) in [6.07, 6.45) is 2.29. The molecule has 0 saturated carbocycles. The van der Waals surface area contributed by atoms with Crippen molar-refractivity contribution < 1.29 is 14.7 Å². The van der Waals surface area contributed by atoms with Crippen LogP contribution in [0.25, 0.3) is 0 Å². The van der Waals surface area contributed by atoms with E-state index in [4.69, 9.17) is 5.11 Å². The average molecular weight is 268 g/mol. The molecule has 0 bridgehead atoms. The predicted octanol–water partition coefficient (Wildman–Crippen LogP) is 2.01. The summed E-state index contributed by atoms with van der Waals surface area (Å²) in [6, 6.07) is 7.52. The van der Waals surface area contributed by atoms with Gasteiger partial charge < -0.3 is 15.7 Å². The number of urea groups is 1. The molecule has 0 aliphatic heterocycles. The zero-order valence-corrected chi connectivity index (χ0v) is 10.9. The summed E-state index contributed by atoms with van der Waals surface area (Å²) >= 11 is 1.54. The van der Waals surface area contributed by atoms with E-state index in [1.165, 1.54) is 0 Å². The van der Waals surface area contributed by atoms with Crippen molar-refractivity contribution in [2.45, 2.75) is 12.5 Å². The average Bonchev–Trinajstić information content (AvgIpc) is 2.35. The normalized spacial score (nSPS) is 11.6. The molecule has 0 aliphatic rings. The number of carboxylic acid groups (broad SMARTS) is 1. The van der Waals surface area contributed by atoms with Gasteiger partial charge in [-0.15, -0.1) is 0 Å². The van der Waals surface area contributed by atoms with Gasteiger partial charge in [0, 0.05) is 5.69 Å². The lowest BCUT2D eigenvalue weighted by molar-refractivity contribution is -0.139. The van der Waals surface area contributed by atoms with Crippen molar-refractivity contribution in [3.05, 3.63) is 30.3 Å². The van der Waals surface area contributed by atoms with Crippen LogP contribution in [0.3, 0.4) is 0 Å². The molecule has 5 nitrogen and oxygen atoms in total.